The first kappa shape index (κ1) is 25.5. The van der Waals surface area contributed by atoms with Gasteiger partial charge in [-0.25, -0.2) is 4.79 Å². The van der Waals surface area contributed by atoms with E-state index in [4.69, 9.17) is 20.5 Å². The van der Waals surface area contributed by atoms with Crippen molar-refractivity contribution in [1.82, 2.24) is 9.55 Å². The predicted molar refractivity (Wildman–Crippen MR) is 126 cm³/mol. The van der Waals surface area contributed by atoms with Crippen molar-refractivity contribution in [3.63, 3.8) is 0 Å². The fourth-order valence-corrected chi connectivity index (χ4v) is 3.25. The van der Waals surface area contributed by atoms with E-state index in [2.05, 4.69) is 4.98 Å². The number of hydrogen-bond donors (Lipinski definition) is 2. The van der Waals surface area contributed by atoms with E-state index < -0.39 is 23.8 Å². The van der Waals surface area contributed by atoms with Crippen molar-refractivity contribution in [2.24, 2.45) is 11.8 Å². The zero-order valence-electron chi connectivity index (χ0n) is 19.7. The maximum Gasteiger partial charge on any atom is 0.330 e. The fraction of sp³-hybridized carbons (Fsp3) is 0.478. The number of benzene rings is 1. The number of carbonyl (C=O) groups excluding carboxylic acids is 1. The Kier molecular flexibility index (Phi) is 8.68. The van der Waals surface area contributed by atoms with Crippen LogP contribution in [0.25, 0.3) is 0 Å². The smallest absolute Gasteiger partial charge is 0.330 e. The molecule has 10 nitrogen and oxygen atoms in total. The molecule has 0 unspecified atom stereocenters. The number of nitriles is 1. The van der Waals surface area contributed by atoms with Crippen molar-refractivity contribution in [2.45, 2.75) is 41.2 Å². The van der Waals surface area contributed by atoms with Crippen LogP contribution in [0.1, 0.15) is 40.2 Å². The summed E-state index contributed by atoms with van der Waals surface area (Å²) in [4.78, 5) is 41.7. The molecule has 0 aliphatic carbocycles. The number of nitrogen functional groups attached to an aromatic ring is 1. The number of aromatic amines is 1. The second-order valence-corrected chi connectivity index (χ2v) is 8.39. The summed E-state index contributed by atoms with van der Waals surface area (Å²) >= 11 is 0. The monoisotopic (exact) mass is 457 g/mol. The second-order valence-electron chi connectivity index (χ2n) is 8.39. The number of nitrogens with one attached hydrogen (secondary N) is 1. The Balaban J connectivity index is 2.41. The highest BCUT2D eigenvalue weighted by Gasteiger charge is 2.26. The summed E-state index contributed by atoms with van der Waals surface area (Å²) in [6, 6.07) is 6.66. The summed E-state index contributed by atoms with van der Waals surface area (Å²) in [5, 5.41) is 9.09. The summed E-state index contributed by atoms with van der Waals surface area (Å²) < 4.78 is 12.5. The fourth-order valence-electron chi connectivity index (χ4n) is 3.25. The van der Waals surface area contributed by atoms with E-state index >= 15 is 0 Å². The van der Waals surface area contributed by atoms with Crippen LogP contribution in [0.3, 0.4) is 0 Å². The highest BCUT2D eigenvalue weighted by Crippen LogP contribution is 2.28. The standard InChI is InChI=1S/C23H31N5O5/c1-6-32-18-9-16(10-24)7-8-17(18)33-13-19(29)27(11-14(2)3)20-21(25)28(12-15(4)5)23(31)26-22(20)30/h7-9,14-15H,6,11-13,25H2,1-5H3,(H,26,30,31). The van der Waals surface area contributed by atoms with Gasteiger partial charge >= 0.3 is 5.69 Å². The summed E-state index contributed by atoms with van der Waals surface area (Å²) in [6.45, 7) is 9.83. The Morgan fingerprint density at radius 2 is 1.88 bits per heavy atom. The molecule has 1 amide bonds. The molecule has 0 saturated heterocycles. The third-order valence-corrected chi connectivity index (χ3v) is 4.60. The SMILES string of the molecule is CCOc1cc(C#N)ccc1OCC(=O)N(CC(C)C)c1c(N)n(CC(C)C)c(=O)[nH]c1=O. The average molecular weight is 458 g/mol. The highest BCUT2D eigenvalue weighted by atomic mass is 16.5. The van der Waals surface area contributed by atoms with E-state index in [0.717, 1.165) is 0 Å². The molecule has 0 fully saturated rings. The third kappa shape index (κ3) is 6.38. The number of aromatic nitrogens is 2. The lowest BCUT2D eigenvalue weighted by Crippen LogP contribution is -2.44. The van der Waals surface area contributed by atoms with E-state index in [1.165, 1.54) is 15.5 Å². The Hall–Kier alpha value is -3.74. The maximum atomic E-state index is 13.2. The van der Waals surface area contributed by atoms with Crippen LogP contribution in [0.5, 0.6) is 11.5 Å². The minimum absolute atomic E-state index is 0.00660. The van der Waals surface area contributed by atoms with Crippen molar-refractivity contribution in [3.05, 3.63) is 44.6 Å². The van der Waals surface area contributed by atoms with E-state index in [-0.39, 0.29) is 36.4 Å². The van der Waals surface area contributed by atoms with E-state index in [9.17, 15) is 14.4 Å². The molecule has 2 aromatic rings. The normalized spacial score (nSPS) is 10.8. The van der Waals surface area contributed by atoms with Crippen LogP contribution in [0.15, 0.2) is 27.8 Å². The number of H-pyrrole nitrogens is 1. The number of hydrogen-bond acceptors (Lipinski definition) is 7. The minimum atomic E-state index is -0.736. The molecule has 0 aliphatic rings. The first-order valence-corrected chi connectivity index (χ1v) is 10.8. The number of carbonyl (C=O) groups is 1. The second kappa shape index (κ2) is 11.2. The predicted octanol–water partition coefficient (Wildman–Crippen LogP) is 2.11. The lowest BCUT2D eigenvalue weighted by atomic mass is 10.2. The first-order chi connectivity index (χ1) is 15.6. The van der Waals surface area contributed by atoms with Crippen molar-refractivity contribution in [3.8, 4) is 17.6 Å². The summed E-state index contributed by atoms with van der Waals surface area (Å²) in [5.74, 6) is 0.145. The number of anilines is 2. The molecule has 3 N–H and O–H groups in total. The molecule has 0 spiro atoms. The minimum Gasteiger partial charge on any atom is -0.490 e. The van der Waals surface area contributed by atoms with E-state index in [1.54, 1.807) is 19.1 Å². The first-order valence-electron chi connectivity index (χ1n) is 10.8. The number of nitrogens with zero attached hydrogens (tertiary/aromatic N) is 3. The lowest BCUT2D eigenvalue weighted by molar-refractivity contribution is -0.120. The molecule has 1 heterocycles. The molecular formula is C23H31N5O5. The Labute approximate surface area is 192 Å². The van der Waals surface area contributed by atoms with Gasteiger partial charge in [0.2, 0.25) is 0 Å². The Morgan fingerprint density at radius 3 is 2.45 bits per heavy atom. The van der Waals surface area contributed by atoms with Crippen molar-refractivity contribution >= 4 is 17.4 Å². The van der Waals surface area contributed by atoms with Gasteiger partial charge in [0, 0.05) is 19.2 Å². The molecule has 10 heteroatoms. The molecule has 0 radical (unpaired) electrons. The van der Waals surface area contributed by atoms with Gasteiger partial charge in [-0.15, -0.1) is 0 Å². The van der Waals surface area contributed by atoms with Crippen LogP contribution in [0, 0.1) is 23.2 Å². The molecule has 1 aromatic heterocycles. The van der Waals surface area contributed by atoms with E-state index in [0.29, 0.717) is 23.7 Å². The van der Waals surface area contributed by atoms with Gasteiger partial charge in [-0.05, 0) is 30.9 Å². The van der Waals surface area contributed by atoms with Gasteiger partial charge in [0.05, 0.1) is 18.2 Å². The zero-order valence-corrected chi connectivity index (χ0v) is 19.7. The summed E-state index contributed by atoms with van der Waals surface area (Å²) in [5.41, 5.74) is 5.16. The molecule has 1 aromatic carbocycles. The molecule has 178 valence electrons. The molecule has 2 rings (SSSR count). The average Bonchev–Trinajstić information content (AvgIpc) is 2.74. The molecule has 0 saturated carbocycles. The van der Waals surface area contributed by atoms with Gasteiger partial charge in [0.25, 0.3) is 11.5 Å². The van der Waals surface area contributed by atoms with Gasteiger partial charge in [-0.2, -0.15) is 5.26 Å². The maximum absolute atomic E-state index is 13.2. The van der Waals surface area contributed by atoms with Crippen molar-refractivity contribution in [1.29, 1.82) is 5.26 Å². The summed E-state index contributed by atoms with van der Waals surface area (Å²) in [6.07, 6.45) is 0. The molecule has 33 heavy (non-hydrogen) atoms. The van der Waals surface area contributed by atoms with Crippen LogP contribution in [0.2, 0.25) is 0 Å². The van der Waals surface area contributed by atoms with Gasteiger partial charge in [-0.1, -0.05) is 27.7 Å². The number of ether oxygens (including phenoxy) is 2. The topological polar surface area (TPSA) is 143 Å². The molecular weight excluding hydrogens is 426 g/mol. The van der Waals surface area contributed by atoms with Crippen LogP contribution in [-0.2, 0) is 11.3 Å². The van der Waals surface area contributed by atoms with Gasteiger partial charge in [0.15, 0.2) is 23.8 Å². The van der Waals surface area contributed by atoms with Crippen LogP contribution in [0.4, 0.5) is 11.5 Å². The highest BCUT2D eigenvalue weighted by molar-refractivity contribution is 5.96. The largest absolute Gasteiger partial charge is 0.490 e. The number of rotatable bonds is 10. The van der Waals surface area contributed by atoms with Crippen LogP contribution >= 0.6 is 0 Å². The van der Waals surface area contributed by atoms with Crippen molar-refractivity contribution < 1.29 is 14.3 Å². The zero-order chi connectivity index (χ0) is 24.7. The quantitative estimate of drug-likeness (QED) is 0.556. The summed E-state index contributed by atoms with van der Waals surface area (Å²) in [7, 11) is 0. The Bertz CT molecular complexity index is 1140. The number of nitrogens with two attached hydrogens (primary N) is 1. The van der Waals surface area contributed by atoms with Gasteiger partial charge in [-0.3, -0.25) is 19.1 Å². The lowest BCUT2D eigenvalue weighted by Gasteiger charge is -2.26. The third-order valence-electron chi connectivity index (χ3n) is 4.60. The number of amides is 1. The van der Waals surface area contributed by atoms with Gasteiger partial charge in [0.1, 0.15) is 5.82 Å². The van der Waals surface area contributed by atoms with Crippen LogP contribution < -0.4 is 31.4 Å². The molecule has 0 bridgehead atoms. The van der Waals surface area contributed by atoms with Gasteiger partial charge < -0.3 is 20.1 Å². The molecule has 0 aliphatic heterocycles. The van der Waals surface area contributed by atoms with Crippen LogP contribution in [-0.4, -0.2) is 35.2 Å². The Morgan fingerprint density at radius 1 is 1.18 bits per heavy atom. The van der Waals surface area contributed by atoms with E-state index in [1.807, 2.05) is 33.8 Å². The molecule has 0 atom stereocenters. The van der Waals surface area contributed by atoms with Crippen molar-refractivity contribution in [2.75, 3.05) is 30.4 Å².